The molecule has 16 heavy (non-hydrogen) atoms. The van der Waals surface area contributed by atoms with E-state index in [0.29, 0.717) is 0 Å². The molecule has 0 bridgehead atoms. The van der Waals surface area contributed by atoms with Crippen LogP contribution in [-0.4, -0.2) is 29.6 Å². The van der Waals surface area contributed by atoms with Crippen molar-refractivity contribution in [3.8, 4) is 0 Å². The van der Waals surface area contributed by atoms with Crippen molar-refractivity contribution in [3.63, 3.8) is 0 Å². The van der Waals surface area contributed by atoms with Gasteiger partial charge in [-0.25, -0.2) is 4.98 Å². The van der Waals surface area contributed by atoms with Gasteiger partial charge in [0, 0.05) is 38.2 Å². The topological polar surface area (TPSA) is 47.0 Å². The molecule has 1 aromatic heterocycles. The predicted octanol–water partition coefficient (Wildman–Crippen LogP) is 2.72. The lowest BCUT2D eigenvalue weighted by atomic mass is 10.2. The zero-order valence-electron chi connectivity index (χ0n) is 10.2. The van der Waals surface area contributed by atoms with Crippen LogP contribution in [0.1, 0.15) is 38.4 Å². The lowest BCUT2D eigenvalue weighted by Crippen LogP contribution is -2.02. The molecule has 0 aliphatic heterocycles. The van der Waals surface area contributed by atoms with Crippen molar-refractivity contribution >= 4 is 16.7 Å². The van der Waals surface area contributed by atoms with Crippen LogP contribution in [0.25, 0.3) is 0 Å². The summed E-state index contributed by atoms with van der Waals surface area (Å²) in [6, 6.07) is 0. The van der Waals surface area contributed by atoms with Crippen LogP contribution in [0.5, 0.6) is 0 Å². The number of hydrogen-bond acceptors (Lipinski definition) is 5. The van der Waals surface area contributed by atoms with E-state index in [2.05, 4.69) is 21.6 Å². The quantitative estimate of drug-likeness (QED) is 0.677. The van der Waals surface area contributed by atoms with Crippen molar-refractivity contribution in [1.29, 1.82) is 0 Å². The Labute approximate surface area is 102 Å². The first-order valence-corrected chi connectivity index (χ1v) is 6.69. The second-order valence-corrected chi connectivity index (χ2v) is 4.50. The molecule has 0 aromatic carbocycles. The summed E-state index contributed by atoms with van der Waals surface area (Å²) < 4.78 is 9.28. The highest BCUT2D eigenvalue weighted by Crippen LogP contribution is 2.12. The standard InChI is InChI=1S/C11H21N3OS/c1-3-7-10-13-11(16-14-10)12-8-5-4-6-9-15-2/h3-9H2,1-2H3,(H,12,13,14). The monoisotopic (exact) mass is 243 g/mol. The third-order valence-electron chi connectivity index (χ3n) is 2.24. The molecule has 0 fully saturated rings. The molecule has 0 amide bonds. The van der Waals surface area contributed by atoms with Crippen LogP contribution in [0.4, 0.5) is 5.13 Å². The van der Waals surface area contributed by atoms with Crippen LogP contribution in [0.15, 0.2) is 0 Å². The summed E-state index contributed by atoms with van der Waals surface area (Å²) in [5.74, 6) is 0.967. The highest BCUT2D eigenvalue weighted by Gasteiger charge is 2.01. The van der Waals surface area contributed by atoms with Crippen molar-refractivity contribution in [3.05, 3.63) is 5.82 Å². The minimum Gasteiger partial charge on any atom is -0.385 e. The molecule has 0 saturated heterocycles. The zero-order valence-corrected chi connectivity index (χ0v) is 11.0. The van der Waals surface area contributed by atoms with Gasteiger partial charge in [0.2, 0.25) is 5.13 Å². The fourth-order valence-corrected chi connectivity index (χ4v) is 2.03. The van der Waals surface area contributed by atoms with Gasteiger partial charge in [-0.1, -0.05) is 6.92 Å². The summed E-state index contributed by atoms with van der Waals surface area (Å²) in [4.78, 5) is 4.41. The summed E-state index contributed by atoms with van der Waals surface area (Å²) in [5.41, 5.74) is 0. The predicted molar refractivity (Wildman–Crippen MR) is 68.1 cm³/mol. The van der Waals surface area contributed by atoms with Crippen molar-refractivity contribution in [2.45, 2.75) is 39.0 Å². The first-order chi connectivity index (χ1) is 7.86. The number of aryl methyl sites for hydroxylation is 1. The summed E-state index contributed by atoms with van der Waals surface area (Å²) in [5, 5.41) is 4.26. The van der Waals surface area contributed by atoms with Gasteiger partial charge in [0.15, 0.2) is 0 Å². The van der Waals surface area contributed by atoms with Crippen LogP contribution >= 0.6 is 11.5 Å². The van der Waals surface area contributed by atoms with Gasteiger partial charge in [-0.2, -0.15) is 4.37 Å². The lowest BCUT2D eigenvalue weighted by Gasteiger charge is -2.01. The summed E-state index contributed by atoms with van der Waals surface area (Å²) >= 11 is 1.46. The number of hydrogen-bond donors (Lipinski definition) is 1. The molecule has 0 atom stereocenters. The first-order valence-electron chi connectivity index (χ1n) is 5.92. The molecular weight excluding hydrogens is 222 g/mol. The molecule has 5 heteroatoms. The Kier molecular flexibility index (Phi) is 7.09. The highest BCUT2D eigenvalue weighted by atomic mass is 32.1. The summed E-state index contributed by atoms with van der Waals surface area (Å²) in [7, 11) is 1.74. The maximum absolute atomic E-state index is 5.00. The number of aromatic nitrogens is 2. The summed E-state index contributed by atoms with van der Waals surface area (Å²) in [6.45, 7) is 3.98. The molecule has 0 saturated carbocycles. The molecule has 0 aliphatic carbocycles. The Hall–Kier alpha value is -0.680. The maximum atomic E-state index is 5.00. The first kappa shape index (κ1) is 13.4. The van der Waals surface area contributed by atoms with E-state index in [9.17, 15) is 0 Å². The van der Waals surface area contributed by atoms with Gasteiger partial charge in [0.05, 0.1) is 0 Å². The number of unbranched alkanes of at least 4 members (excludes halogenated alkanes) is 2. The number of rotatable bonds is 9. The molecule has 0 aliphatic rings. The van der Waals surface area contributed by atoms with E-state index in [1.54, 1.807) is 7.11 Å². The SMILES string of the molecule is CCCc1nsc(NCCCCCOC)n1. The van der Waals surface area contributed by atoms with Gasteiger partial charge >= 0.3 is 0 Å². The molecular formula is C11H21N3OS. The van der Waals surface area contributed by atoms with Gasteiger partial charge in [-0.15, -0.1) is 0 Å². The van der Waals surface area contributed by atoms with Gasteiger partial charge in [0.1, 0.15) is 5.82 Å². The molecule has 0 unspecified atom stereocenters. The van der Waals surface area contributed by atoms with Crippen molar-refractivity contribution in [2.24, 2.45) is 0 Å². The average molecular weight is 243 g/mol. The van der Waals surface area contributed by atoms with Gasteiger partial charge in [-0.05, 0) is 25.7 Å². The Morgan fingerprint density at radius 2 is 2.19 bits per heavy atom. The Bertz CT molecular complexity index is 278. The molecule has 4 nitrogen and oxygen atoms in total. The molecule has 0 radical (unpaired) electrons. The van der Waals surface area contributed by atoms with E-state index in [1.165, 1.54) is 18.0 Å². The van der Waals surface area contributed by atoms with Crippen LogP contribution in [0.3, 0.4) is 0 Å². The molecule has 1 aromatic rings. The second-order valence-electron chi connectivity index (χ2n) is 3.75. The number of ether oxygens (including phenoxy) is 1. The second kappa shape index (κ2) is 8.47. The minimum absolute atomic E-state index is 0.861. The number of nitrogens with one attached hydrogen (secondary N) is 1. The minimum atomic E-state index is 0.861. The largest absolute Gasteiger partial charge is 0.385 e. The van der Waals surface area contributed by atoms with E-state index in [4.69, 9.17) is 4.74 Å². The van der Waals surface area contributed by atoms with Crippen molar-refractivity contribution in [2.75, 3.05) is 25.6 Å². The van der Waals surface area contributed by atoms with Crippen LogP contribution < -0.4 is 5.32 Å². The Morgan fingerprint density at radius 1 is 1.31 bits per heavy atom. The highest BCUT2D eigenvalue weighted by molar-refractivity contribution is 7.09. The van der Waals surface area contributed by atoms with Gasteiger partial charge < -0.3 is 10.1 Å². The fourth-order valence-electron chi connectivity index (χ4n) is 1.39. The Balaban J connectivity index is 2.07. The molecule has 0 spiro atoms. The number of anilines is 1. The number of methoxy groups -OCH3 is 1. The third kappa shape index (κ3) is 5.42. The van der Waals surface area contributed by atoms with Crippen LogP contribution in [0, 0.1) is 0 Å². The zero-order chi connectivity index (χ0) is 11.6. The van der Waals surface area contributed by atoms with Crippen molar-refractivity contribution < 1.29 is 4.74 Å². The van der Waals surface area contributed by atoms with E-state index in [0.717, 1.165) is 49.8 Å². The van der Waals surface area contributed by atoms with E-state index in [-0.39, 0.29) is 0 Å². The summed E-state index contributed by atoms with van der Waals surface area (Å²) in [6.07, 6.45) is 5.57. The van der Waals surface area contributed by atoms with Crippen LogP contribution in [-0.2, 0) is 11.2 Å². The van der Waals surface area contributed by atoms with E-state index in [1.807, 2.05) is 0 Å². The molecule has 92 valence electrons. The van der Waals surface area contributed by atoms with Gasteiger partial charge in [-0.3, -0.25) is 0 Å². The van der Waals surface area contributed by atoms with Crippen LogP contribution in [0.2, 0.25) is 0 Å². The van der Waals surface area contributed by atoms with Gasteiger partial charge in [0.25, 0.3) is 0 Å². The molecule has 1 heterocycles. The maximum Gasteiger partial charge on any atom is 0.202 e. The fraction of sp³-hybridized carbons (Fsp3) is 0.818. The number of nitrogens with zero attached hydrogens (tertiary/aromatic N) is 2. The molecule has 1 rings (SSSR count). The Morgan fingerprint density at radius 3 is 2.94 bits per heavy atom. The van der Waals surface area contributed by atoms with E-state index >= 15 is 0 Å². The third-order valence-corrected chi connectivity index (χ3v) is 2.95. The average Bonchev–Trinajstić information content (AvgIpc) is 2.72. The smallest absolute Gasteiger partial charge is 0.202 e. The lowest BCUT2D eigenvalue weighted by molar-refractivity contribution is 0.192. The normalized spacial score (nSPS) is 10.6. The molecule has 1 N–H and O–H groups in total. The van der Waals surface area contributed by atoms with E-state index < -0.39 is 0 Å². The van der Waals surface area contributed by atoms with Crippen molar-refractivity contribution in [1.82, 2.24) is 9.36 Å².